The maximum absolute atomic E-state index is 12.6. The van der Waals surface area contributed by atoms with Crippen LogP contribution in [0.15, 0.2) is 6.20 Å². The average Bonchev–Trinajstić information content (AvgIpc) is 2.70. The van der Waals surface area contributed by atoms with E-state index in [0.717, 1.165) is 30.9 Å². The monoisotopic (exact) mass is 300 g/mol. The minimum Gasteiger partial charge on any atom is -0.333 e. The highest BCUT2D eigenvalue weighted by atomic mass is 35.5. The van der Waals surface area contributed by atoms with E-state index < -0.39 is 0 Å². The lowest BCUT2D eigenvalue weighted by molar-refractivity contribution is 0.0654. The van der Waals surface area contributed by atoms with Crippen molar-refractivity contribution in [3.63, 3.8) is 0 Å². The second kappa shape index (κ2) is 6.14. The molecule has 0 saturated carbocycles. The van der Waals surface area contributed by atoms with Crippen molar-refractivity contribution in [1.82, 2.24) is 20.0 Å². The molecule has 1 aliphatic heterocycles. The number of carbonyl (C=O) groups excluding carboxylic acids is 1. The molecule has 1 aliphatic rings. The summed E-state index contributed by atoms with van der Waals surface area (Å²) in [6.45, 7) is 12.8. The van der Waals surface area contributed by atoms with Gasteiger partial charge in [-0.05, 0) is 34.6 Å². The number of rotatable bonds is 1. The molecule has 1 aromatic rings. The zero-order valence-corrected chi connectivity index (χ0v) is 13.8. The summed E-state index contributed by atoms with van der Waals surface area (Å²) in [7, 11) is 0. The maximum Gasteiger partial charge on any atom is 0.257 e. The van der Waals surface area contributed by atoms with Crippen LogP contribution >= 0.6 is 12.4 Å². The molecule has 1 aromatic heterocycles. The van der Waals surface area contributed by atoms with E-state index in [1.807, 2.05) is 16.5 Å². The number of carbonyl (C=O) groups is 1. The molecular formula is C14H25ClN4O. The topological polar surface area (TPSA) is 50.2 Å². The van der Waals surface area contributed by atoms with Crippen molar-refractivity contribution in [1.29, 1.82) is 0 Å². The van der Waals surface area contributed by atoms with Crippen molar-refractivity contribution in [2.45, 2.75) is 46.2 Å². The third-order valence-electron chi connectivity index (χ3n) is 3.64. The predicted molar refractivity (Wildman–Crippen MR) is 82.6 cm³/mol. The van der Waals surface area contributed by atoms with Crippen LogP contribution in [-0.2, 0) is 5.54 Å². The average molecular weight is 301 g/mol. The number of piperazine rings is 1. The Morgan fingerprint density at radius 3 is 2.60 bits per heavy atom. The Morgan fingerprint density at radius 1 is 1.45 bits per heavy atom. The highest BCUT2D eigenvalue weighted by Gasteiger charge is 2.28. The van der Waals surface area contributed by atoms with Crippen molar-refractivity contribution < 1.29 is 4.79 Å². The van der Waals surface area contributed by atoms with E-state index in [4.69, 9.17) is 0 Å². The summed E-state index contributed by atoms with van der Waals surface area (Å²) in [5, 5.41) is 7.68. The number of nitrogens with one attached hydrogen (secondary N) is 1. The number of hydrogen-bond donors (Lipinski definition) is 1. The van der Waals surface area contributed by atoms with Crippen LogP contribution < -0.4 is 5.32 Å². The van der Waals surface area contributed by atoms with Crippen molar-refractivity contribution >= 4 is 18.3 Å². The van der Waals surface area contributed by atoms with Crippen molar-refractivity contribution in [2.75, 3.05) is 19.6 Å². The number of nitrogens with zero attached hydrogens (tertiary/aromatic N) is 3. The SMILES string of the molecule is Cc1c(C(=O)N2CCNC[C@H]2C)cnn1C(C)(C)C.Cl. The molecule has 0 bridgehead atoms. The molecule has 0 spiro atoms. The maximum atomic E-state index is 12.6. The van der Waals surface area contributed by atoms with Gasteiger partial charge in [0, 0.05) is 31.4 Å². The summed E-state index contributed by atoms with van der Waals surface area (Å²) < 4.78 is 1.92. The Balaban J connectivity index is 0.00000200. The van der Waals surface area contributed by atoms with Gasteiger partial charge in [0.15, 0.2) is 0 Å². The first-order chi connectivity index (χ1) is 8.82. The summed E-state index contributed by atoms with van der Waals surface area (Å²) in [4.78, 5) is 14.6. The predicted octanol–water partition coefficient (Wildman–Crippen LogP) is 1.80. The molecule has 20 heavy (non-hydrogen) atoms. The van der Waals surface area contributed by atoms with E-state index in [1.165, 1.54) is 0 Å². The minimum atomic E-state index is -0.0995. The third kappa shape index (κ3) is 3.15. The van der Waals surface area contributed by atoms with Crippen LogP contribution in [0.5, 0.6) is 0 Å². The summed E-state index contributed by atoms with van der Waals surface area (Å²) in [6.07, 6.45) is 1.71. The first-order valence-electron chi connectivity index (χ1n) is 6.89. The number of halogens is 1. The Kier molecular flexibility index (Phi) is 5.21. The zero-order chi connectivity index (χ0) is 14.2. The van der Waals surface area contributed by atoms with Crippen molar-refractivity contribution in [3.8, 4) is 0 Å². The van der Waals surface area contributed by atoms with Gasteiger partial charge in [-0.3, -0.25) is 9.48 Å². The lowest BCUT2D eigenvalue weighted by Gasteiger charge is -2.34. The largest absolute Gasteiger partial charge is 0.333 e. The van der Waals surface area contributed by atoms with Gasteiger partial charge < -0.3 is 10.2 Å². The van der Waals surface area contributed by atoms with E-state index in [1.54, 1.807) is 6.20 Å². The number of aromatic nitrogens is 2. The van der Waals surface area contributed by atoms with Crippen LogP contribution in [-0.4, -0.2) is 46.3 Å². The smallest absolute Gasteiger partial charge is 0.257 e. The summed E-state index contributed by atoms with van der Waals surface area (Å²) >= 11 is 0. The fourth-order valence-corrected chi connectivity index (χ4v) is 2.59. The van der Waals surface area contributed by atoms with Gasteiger partial charge in [0.1, 0.15) is 0 Å². The Labute approximate surface area is 127 Å². The minimum absolute atomic E-state index is 0. The summed E-state index contributed by atoms with van der Waals surface area (Å²) in [5.74, 6) is 0.0991. The second-order valence-electron chi connectivity index (χ2n) is 6.28. The van der Waals surface area contributed by atoms with Crippen LogP contribution in [0.2, 0.25) is 0 Å². The lowest BCUT2D eigenvalue weighted by atomic mass is 10.1. The van der Waals surface area contributed by atoms with Gasteiger partial charge in [-0.2, -0.15) is 5.10 Å². The molecule has 2 rings (SSSR count). The van der Waals surface area contributed by atoms with Crippen LogP contribution in [0.3, 0.4) is 0 Å². The fourth-order valence-electron chi connectivity index (χ4n) is 2.59. The molecule has 2 heterocycles. The van der Waals surface area contributed by atoms with E-state index >= 15 is 0 Å². The molecule has 6 heteroatoms. The van der Waals surface area contributed by atoms with Gasteiger partial charge in [-0.25, -0.2) is 0 Å². The molecule has 0 aliphatic carbocycles. The lowest BCUT2D eigenvalue weighted by Crippen LogP contribution is -2.52. The Hall–Kier alpha value is -1.07. The van der Waals surface area contributed by atoms with E-state index in [2.05, 4.69) is 38.1 Å². The molecule has 1 amide bonds. The molecule has 0 aromatic carbocycles. The fraction of sp³-hybridized carbons (Fsp3) is 0.714. The van der Waals surface area contributed by atoms with Gasteiger partial charge in [-0.15, -0.1) is 12.4 Å². The van der Waals surface area contributed by atoms with Crippen molar-refractivity contribution in [3.05, 3.63) is 17.5 Å². The molecule has 1 saturated heterocycles. The first kappa shape index (κ1) is 17.0. The van der Waals surface area contributed by atoms with Crippen LogP contribution in [0.4, 0.5) is 0 Å². The van der Waals surface area contributed by atoms with Gasteiger partial charge in [0.2, 0.25) is 0 Å². The highest BCUT2D eigenvalue weighted by molar-refractivity contribution is 5.95. The van der Waals surface area contributed by atoms with Crippen LogP contribution in [0, 0.1) is 6.92 Å². The first-order valence-corrected chi connectivity index (χ1v) is 6.89. The number of amides is 1. The van der Waals surface area contributed by atoms with Gasteiger partial charge in [0.05, 0.1) is 17.3 Å². The Bertz CT molecular complexity index is 478. The number of hydrogen-bond acceptors (Lipinski definition) is 3. The van der Waals surface area contributed by atoms with Crippen LogP contribution in [0.25, 0.3) is 0 Å². The molecule has 114 valence electrons. The van der Waals surface area contributed by atoms with E-state index in [0.29, 0.717) is 0 Å². The standard InChI is InChI=1S/C14H24N4O.ClH/c1-10-8-15-6-7-17(10)13(19)12-9-16-18(11(12)2)14(3,4)5;/h9-10,15H,6-8H2,1-5H3;1H/t10-;/m1./s1. The highest BCUT2D eigenvalue weighted by Crippen LogP contribution is 2.20. The van der Waals surface area contributed by atoms with E-state index in [9.17, 15) is 4.79 Å². The molecule has 0 unspecified atom stereocenters. The van der Waals surface area contributed by atoms with Crippen molar-refractivity contribution in [2.24, 2.45) is 0 Å². The van der Waals surface area contributed by atoms with Gasteiger partial charge in [-0.1, -0.05) is 0 Å². The summed E-state index contributed by atoms with van der Waals surface area (Å²) in [6, 6.07) is 0.235. The third-order valence-corrected chi connectivity index (χ3v) is 3.64. The molecule has 1 fully saturated rings. The molecule has 0 radical (unpaired) electrons. The van der Waals surface area contributed by atoms with Gasteiger partial charge in [0.25, 0.3) is 5.91 Å². The van der Waals surface area contributed by atoms with E-state index in [-0.39, 0.29) is 29.9 Å². The molecule has 1 atom stereocenters. The van der Waals surface area contributed by atoms with Gasteiger partial charge >= 0.3 is 0 Å². The second-order valence-corrected chi connectivity index (χ2v) is 6.28. The Morgan fingerprint density at radius 2 is 2.10 bits per heavy atom. The van der Waals surface area contributed by atoms with Crippen LogP contribution in [0.1, 0.15) is 43.7 Å². The molecule has 1 N–H and O–H groups in total. The molecule has 5 nitrogen and oxygen atoms in total. The molecular weight excluding hydrogens is 276 g/mol. The quantitative estimate of drug-likeness (QED) is 0.860. The summed E-state index contributed by atoms with van der Waals surface area (Å²) in [5.41, 5.74) is 1.57. The zero-order valence-electron chi connectivity index (χ0n) is 12.9. The normalized spacial score (nSPS) is 19.6.